The molecule has 0 amide bonds. The molecule has 0 aliphatic heterocycles. The number of hydrogen-bond donors (Lipinski definition) is 1. The molecular weight excluding hydrogens is 564 g/mol. The first-order chi connectivity index (χ1) is 12.9. The van der Waals surface area contributed by atoms with Gasteiger partial charge in [0.2, 0.25) is 0 Å². The Labute approximate surface area is 168 Å². The molecular formula is C8HCl2F15O5S. The Morgan fingerprint density at radius 1 is 0.645 bits per heavy atom. The van der Waals surface area contributed by atoms with Crippen LogP contribution in [0.4, 0.5) is 65.9 Å². The third-order valence-corrected chi connectivity index (χ3v) is 4.21. The van der Waals surface area contributed by atoms with Crippen LogP contribution < -0.4 is 0 Å². The van der Waals surface area contributed by atoms with Gasteiger partial charge in [-0.15, -0.1) is 0 Å². The van der Waals surface area contributed by atoms with Crippen LogP contribution in [0.15, 0.2) is 0 Å². The highest BCUT2D eigenvalue weighted by Gasteiger charge is 2.86. The first-order valence-electron chi connectivity index (χ1n) is 6.00. The van der Waals surface area contributed by atoms with Crippen LogP contribution in [0.5, 0.6) is 0 Å². The summed E-state index contributed by atoms with van der Waals surface area (Å²) in [4.78, 5) is 0. The highest BCUT2D eigenvalue weighted by atomic mass is 35.5. The number of hydrogen-bond acceptors (Lipinski definition) is 4. The van der Waals surface area contributed by atoms with Gasteiger partial charge < -0.3 is 0 Å². The van der Waals surface area contributed by atoms with Crippen molar-refractivity contribution in [1.29, 1.82) is 0 Å². The molecule has 0 fully saturated rings. The maximum atomic E-state index is 13.7. The molecule has 0 saturated carbocycles. The number of alkyl halides is 17. The molecule has 0 aliphatic carbocycles. The molecule has 31 heavy (non-hydrogen) atoms. The molecule has 188 valence electrons. The van der Waals surface area contributed by atoms with E-state index in [0.29, 0.717) is 0 Å². The summed E-state index contributed by atoms with van der Waals surface area (Å²) >= 11 is 7.54. The molecule has 1 N–H and O–H groups in total. The molecule has 0 radical (unpaired) electrons. The van der Waals surface area contributed by atoms with Gasteiger partial charge in [0.05, 0.1) is 0 Å². The molecule has 0 aromatic heterocycles. The van der Waals surface area contributed by atoms with E-state index in [-0.39, 0.29) is 0 Å². The molecule has 0 aliphatic rings. The third kappa shape index (κ3) is 5.14. The zero-order valence-electron chi connectivity index (χ0n) is 12.9. The molecule has 0 spiro atoms. The number of rotatable bonds is 9. The lowest BCUT2D eigenvalue weighted by Crippen LogP contribution is -2.67. The Morgan fingerprint density at radius 2 is 1.00 bits per heavy atom. The van der Waals surface area contributed by atoms with E-state index in [0.717, 1.165) is 0 Å². The van der Waals surface area contributed by atoms with Gasteiger partial charge in [0.15, 0.2) is 0 Å². The van der Waals surface area contributed by atoms with Crippen LogP contribution in [-0.4, -0.2) is 59.1 Å². The Hall–Kier alpha value is -0.640. The predicted molar refractivity (Wildman–Crippen MR) is 63.9 cm³/mol. The average Bonchev–Trinajstić information content (AvgIpc) is 2.41. The van der Waals surface area contributed by atoms with E-state index in [2.05, 4.69) is 23.2 Å². The van der Waals surface area contributed by atoms with Crippen molar-refractivity contribution in [1.82, 2.24) is 0 Å². The van der Waals surface area contributed by atoms with Crippen molar-refractivity contribution in [3.63, 3.8) is 0 Å². The lowest BCUT2D eigenvalue weighted by molar-refractivity contribution is -0.536. The number of halogens is 17. The molecule has 23 heteroatoms. The second-order valence-electron chi connectivity index (χ2n) is 4.91. The fourth-order valence-electron chi connectivity index (χ4n) is 1.14. The maximum Gasteiger partial charge on any atom is 0.458 e. The highest BCUT2D eigenvalue weighted by molar-refractivity contribution is 7.87. The van der Waals surface area contributed by atoms with Gasteiger partial charge in [0.1, 0.15) is 0 Å². The summed E-state index contributed by atoms with van der Waals surface area (Å²) in [6.45, 7) is 0. The average molecular weight is 565 g/mol. The zero-order valence-corrected chi connectivity index (χ0v) is 15.2. The highest BCUT2D eigenvalue weighted by Crippen LogP contribution is 2.57. The Morgan fingerprint density at radius 3 is 1.26 bits per heavy atom. The van der Waals surface area contributed by atoms with E-state index in [1.54, 1.807) is 0 Å². The summed E-state index contributed by atoms with van der Waals surface area (Å²) < 4.78 is 225. The van der Waals surface area contributed by atoms with E-state index in [1.165, 1.54) is 4.74 Å². The first kappa shape index (κ1) is 30.4. The Balaban J connectivity index is 6.66. The van der Waals surface area contributed by atoms with E-state index < -0.39 is 56.2 Å². The monoisotopic (exact) mass is 564 g/mol. The van der Waals surface area contributed by atoms with E-state index in [1.807, 2.05) is 4.74 Å². The van der Waals surface area contributed by atoms with Crippen LogP contribution in [0, 0.1) is 0 Å². The SMILES string of the molecule is O=S(=O)(O)C(F)(F)C(F)(F)C(F)(F)OC(F)(C(F)(F)F)C(F)(F)OC(F)(Cl)C(F)(F)Cl. The fourth-order valence-corrected chi connectivity index (χ4v) is 1.72. The molecule has 0 aromatic rings. The third-order valence-electron chi connectivity index (χ3n) is 2.65. The lowest BCUT2D eigenvalue weighted by atomic mass is 10.2. The van der Waals surface area contributed by atoms with Gasteiger partial charge in [-0.25, -0.2) is 0 Å². The van der Waals surface area contributed by atoms with Gasteiger partial charge in [0, 0.05) is 0 Å². The van der Waals surface area contributed by atoms with Crippen molar-refractivity contribution in [2.24, 2.45) is 0 Å². The van der Waals surface area contributed by atoms with E-state index >= 15 is 0 Å². The Kier molecular flexibility index (Phi) is 7.55. The first-order valence-corrected chi connectivity index (χ1v) is 8.20. The minimum Gasteiger partial charge on any atom is -0.281 e. The van der Waals surface area contributed by atoms with Crippen LogP contribution in [0.1, 0.15) is 0 Å². The van der Waals surface area contributed by atoms with Crippen LogP contribution in [0.25, 0.3) is 0 Å². The normalized spacial score (nSPS) is 19.7. The number of ether oxygens (including phenoxy) is 2. The van der Waals surface area contributed by atoms with Gasteiger partial charge >= 0.3 is 56.2 Å². The minimum atomic E-state index is -7.98. The summed E-state index contributed by atoms with van der Waals surface area (Å²) in [5.74, 6) is -15.9. The minimum absolute atomic E-state index is 1.34. The van der Waals surface area contributed by atoms with E-state index in [4.69, 9.17) is 4.55 Å². The summed E-state index contributed by atoms with van der Waals surface area (Å²) in [5.41, 5.74) is 0. The van der Waals surface area contributed by atoms with Gasteiger partial charge in [-0.05, 0) is 23.2 Å². The van der Waals surface area contributed by atoms with Crippen molar-refractivity contribution >= 4 is 33.3 Å². The van der Waals surface area contributed by atoms with E-state index in [9.17, 15) is 74.3 Å². The molecule has 2 atom stereocenters. The lowest BCUT2D eigenvalue weighted by Gasteiger charge is -2.40. The largest absolute Gasteiger partial charge is 0.458 e. The summed E-state index contributed by atoms with van der Waals surface area (Å²) in [6, 6.07) is 0. The van der Waals surface area contributed by atoms with Crippen LogP contribution in [-0.2, 0) is 19.6 Å². The van der Waals surface area contributed by atoms with Crippen LogP contribution in [0.3, 0.4) is 0 Å². The molecule has 5 nitrogen and oxygen atoms in total. The second kappa shape index (κ2) is 7.71. The van der Waals surface area contributed by atoms with Crippen molar-refractivity contribution in [2.45, 2.75) is 46.1 Å². The molecule has 0 bridgehead atoms. The summed E-state index contributed by atoms with van der Waals surface area (Å²) in [5, 5.41) is -19.7. The van der Waals surface area contributed by atoms with Gasteiger partial charge in [-0.1, -0.05) is 0 Å². The van der Waals surface area contributed by atoms with Crippen molar-refractivity contribution in [3.8, 4) is 0 Å². The molecule has 0 heterocycles. The quantitative estimate of drug-likeness (QED) is 0.235. The zero-order chi connectivity index (χ0) is 25.9. The van der Waals surface area contributed by atoms with Crippen LogP contribution >= 0.6 is 23.2 Å². The summed E-state index contributed by atoms with van der Waals surface area (Å²) in [6.07, 6.45) is -23.5. The molecule has 0 saturated heterocycles. The molecule has 2 unspecified atom stereocenters. The molecule has 0 aromatic carbocycles. The van der Waals surface area contributed by atoms with Crippen molar-refractivity contribution in [3.05, 3.63) is 0 Å². The van der Waals surface area contributed by atoms with Crippen molar-refractivity contribution < 1.29 is 88.3 Å². The van der Waals surface area contributed by atoms with Crippen molar-refractivity contribution in [2.75, 3.05) is 0 Å². The topological polar surface area (TPSA) is 72.8 Å². The van der Waals surface area contributed by atoms with Gasteiger partial charge in [-0.2, -0.15) is 74.3 Å². The standard InChI is InChI=1S/C8HCl2F15O5S/c9-3(14,15)4(10,16)30-7(22,23)2(13,5(17,18)19)29-6(20,21)1(11,12)8(24,25)31(26,27)28/h(H,26,27,28). The predicted octanol–water partition coefficient (Wildman–Crippen LogP) is 5.24. The smallest absolute Gasteiger partial charge is 0.281 e. The fraction of sp³-hybridized carbons (Fsp3) is 1.00. The summed E-state index contributed by atoms with van der Waals surface area (Å²) in [7, 11) is -7.68. The Bertz CT molecular complexity index is 775. The second-order valence-corrected chi connectivity index (χ2v) is 7.34. The maximum absolute atomic E-state index is 13.7. The van der Waals surface area contributed by atoms with Gasteiger partial charge in [-0.3, -0.25) is 14.0 Å². The molecule has 0 rings (SSSR count). The van der Waals surface area contributed by atoms with Gasteiger partial charge in [0.25, 0.3) is 0 Å². The van der Waals surface area contributed by atoms with Crippen LogP contribution in [0.2, 0.25) is 0 Å².